The second kappa shape index (κ2) is 8.77. The topological polar surface area (TPSA) is 93.2 Å². The van der Waals surface area contributed by atoms with E-state index < -0.39 is 5.91 Å². The standard InChI is InChI=1S/C21H20N4O3/c1-14(26)16-4-3-5-17(12-16)23-21(27)19-10-11-20(25-24-19)22-13-15-6-8-18(28-2)9-7-15/h3-12H,13H2,1-2H3,(H,22,25)(H,23,27). The lowest BCUT2D eigenvalue weighted by atomic mass is 10.1. The Balaban J connectivity index is 1.59. The average Bonchev–Trinajstić information content (AvgIpc) is 2.73. The van der Waals surface area contributed by atoms with Crippen molar-refractivity contribution in [1.82, 2.24) is 10.2 Å². The number of hydrogen-bond acceptors (Lipinski definition) is 6. The van der Waals surface area contributed by atoms with Crippen molar-refractivity contribution in [3.8, 4) is 5.75 Å². The van der Waals surface area contributed by atoms with Gasteiger partial charge in [-0.15, -0.1) is 10.2 Å². The number of anilines is 2. The van der Waals surface area contributed by atoms with Crippen molar-refractivity contribution in [3.63, 3.8) is 0 Å². The molecule has 2 N–H and O–H groups in total. The van der Waals surface area contributed by atoms with Gasteiger partial charge in [-0.2, -0.15) is 0 Å². The maximum atomic E-state index is 12.3. The summed E-state index contributed by atoms with van der Waals surface area (Å²) < 4.78 is 5.13. The summed E-state index contributed by atoms with van der Waals surface area (Å²) in [5.74, 6) is 0.900. The molecule has 0 saturated carbocycles. The summed E-state index contributed by atoms with van der Waals surface area (Å²) >= 11 is 0. The Morgan fingerprint density at radius 3 is 2.43 bits per heavy atom. The highest BCUT2D eigenvalue weighted by molar-refractivity contribution is 6.03. The Morgan fingerprint density at radius 2 is 1.79 bits per heavy atom. The predicted molar refractivity (Wildman–Crippen MR) is 107 cm³/mol. The number of nitrogens with one attached hydrogen (secondary N) is 2. The first-order chi connectivity index (χ1) is 13.5. The Bertz CT molecular complexity index is 970. The van der Waals surface area contributed by atoms with Crippen LogP contribution in [0, 0.1) is 0 Å². The molecule has 1 aromatic heterocycles. The van der Waals surface area contributed by atoms with Crippen molar-refractivity contribution in [1.29, 1.82) is 0 Å². The number of nitrogens with zero attached hydrogens (tertiary/aromatic N) is 2. The summed E-state index contributed by atoms with van der Waals surface area (Å²) in [5.41, 5.74) is 2.31. The van der Waals surface area contributed by atoms with E-state index in [1.54, 1.807) is 43.5 Å². The van der Waals surface area contributed by atoms with Gasteiger partial charge < -0.3 is 15.4 Å². The van der Waals surface area contributed by atoms with Gasteiger partial charge in [0.05, 0.1) is 7.11 Å². The zero-order valence-corrected chi connectivity index (χ0v) is 15.6. The number of carbonyl (C=O) groups is 2. The van der Waals surface area contributed by atoms with Crippen LogP contribution in [0.5, 0.6) is 5.75 Å². The van der Waals surface area contributed by atoms with Gasteiger partial charge in [0.1, 0.15) is 11.6 Å². The van der Waals surface area contributed by atoms with Crippen molar-refractivity contribution >= 4 is 23.2 Å². The van der Waals surface area contributed by atoms with Crippen molar-refractivity contribution in [2.24, 2.45) is 0 Å². The van der Waals surface area contributed by atoms with Crippen LogP contribution in [0.3, 0.4) is 0 Å². The smallest absolute Gasteiger partial charge is 0.276 e. The second-order valence-corrected chi connectivity index (χ2v) is 6.10. The maximum Gasteiger partial charge on any atom is 0.276 e. The van der Waals surface area contributed by atoms with E-state index in [1.165, 1.54) is 6.92 Å². The number of ether oxygens (including phenoxy) is 1. The molecule has 3 aromatic rings. The first kappa shape index (κ1) is 19.0. The monoisotopic (exact) mass is 376 g/mol. The molecular weight excluding hydrogens is 356 g/mol. The number of rotatable bonds is 7. The summed E-state index contributed by atoms with van der Waals surface area (Å²) in [6.45, 7) is 2.05. The number of hydrogen-bond donors (Lipinski definition) is 2. The van der Waals surface area contributed by atoms with Gasteiger partial charge in [0, 0.05) is 17.8 Å². The number of aromatic nitrogens is 2. The van der Waals surface area contributed by atoms with Crippen LogP contribution in [0.25, 0.3) is 0 Å². The number of ketones is 1. The maximum absolute atomic E-state index is 12.3. The normalized spacial score (nSPS) is 10.2. The fourth-order valence-electron chi connectivity index (χ4n) is 2.49. The minimum Gasteiger partial charge on any atom is -0.497 e. The molecule has 7 nitrogen and oxygen atoms in total. The quantitative estimate of drug-likeness (QED) is 0.613. The van der Waals surface area contributed by atoms with Gasteiger partial charge in [-0.1, -0.05) is 24.3 Å². The molecule has 0 aliphatic carbocycles. The second-order valence-electron chi connectivity index (χ2n) is 6.10. The molecule has 1 heterocycles. The SMILES string of the molecule is COc1ccc(CNc2ccc(C(=O)Nc3cccc(C(C)=O)c3)nn2)cc1. The predicted octanol–water partition coefficient (Wildman–Crippen LogP) is 3.55. The molecule has 0 bridgehead atoms. The number of amides is 1. The molecule has 0 radical (unpaired) electrons. The van der Waals surface area contributed by atoms with Crippen molar-refractivity contribution in [3.05, 3.63) is 77.5 Å². The molecule has 1 amide bonds. The van der Waals surface area contributed by atoms with E-state index in [-0.39, 0.29) is 11.5 Å². The lowest BCUT2D eigenvalue weighted by Gasteiger charge is -2.08. The third-order valence-electron chi connectivity index (χ3n) is 4.06. The Morgan fingerprint density at radius 1 is 1.00 bits per heavy atom. The van der Waals surface area contributed by atoms with E-state index in [0.717, 1.165) is 11.3 Å². The molecule has 0 aliphatic heterocycles. The Kier molecular flexibility index (Phi) is 5.96. The molecule has 0 saturated heterocycles. The molecule has 0 atom stereocenters. The van der Waals surface area contributed by atoms with Gasteiger partial charge in [0.15, 0.2) is 11.5 Å². The van der Waals surface area contributed by atoms with Gasteiger partial charge >= 0.3 is 0 Å². The third-order valence-corrected chi connectivity index (χ3v) is 4.06. The summed E-state index contributed by atoms with van der Waals surface area (Å²) in [6, 6.07) is 17.7. The first-order valence-electron chi connectivity index (χ1n) is 8.68. The number of methoxy groups -OCH3 is 1. The van der Waals surface area contributed by atoms with Crippen LogP contribution < -0.4 is 15.4 Å². The van der Waals surface area contributed by atoms with Gasteiger partial charge in [-0.05, 0) is 48.9 Å². The Labute approximate surface area is 162 Å². The van der Waals surface area contributed by atoms with Gasteiger partial charge in [-0.3, -0.25) is 9.59 Å². The molecule has 2 aromatic carbocycles. The highest BCUT2D eigenvalue weighted by Gasteiger charge is 2.10. The molecule has 142 valence electrons. The highest BCUT2D eigenvalue weighted by Crippen LogP contribution is 2.14. The van der Waals surface area contributed by atoms with Crippen LogP contribution in [0.2, 0.25) is 0 Å². The summed E-state index contributed by atoms with van der Waals surface area (Å²) in [4.78, 5) is 23.8. The van der Waals surface area contributed by atoms with E-state index in [2.05, 4.69) is 20.8 Å². The van der Waals surface area contributed by atoms with Crippen LogP contribution >= 0.6 is 0 Å². The van der Waals surface area contributed by atoms with Crippen molar-refractivity contribution < 1.29 is 14.3 Å². The lowest BCUT2D eigenvalue weighted by molar-refractivity contribution is 0.100. The fourth-order valence-corrected chi connectivity index (χ4v) is 2.49. The summed E-state index contributed by atoms with van der Waals surface area (Å²) in [5, 5.41) is 13.9. The van der Waals surface area contributed by atoms with E-state index in [4.69, 9.17) is 4.74 Å². The minimum atomic E-state index is -0.394. The minimum absolute atomic E-state index is 0.0665. The van der Waals surface area contributed by atoms with Crippen molar-refractivity contribution in [2.45, 2.75) is 13.5 Å². The van der Waals surface area contributed by atoms with E-state index in [9.17, 15) is 9.59 Å². The average molecular weight is 376 g/mol. The van der Waals surface area contributed by atoms with Gasteiger partial charge in [-0.25, -0.2) is 0 Å². The molecule has 0 fully saturated rings. The fraction of sp³-hybridized carbons (Fsp3) is 0.143. The van der Waals surface area contributed by atoms with E-state index in [1.807, 2.05) is 24.3 Å². The first-order valence-corrected chi connectivity index (χ1v) is 8.68. The molecule has 0 unspecified atom stereocenters. The van der Waals surface area contributed by atoms with Crippen molar-refractivity contribution in [2.75, 3.05) is 17.7 Å². The number of carbonyl (C=O) groups excluding carboxylic acids is 2. The molecule has 0 aliphatic rings. The zero-order chi connectivity index (χ0) is 19.9. The lowest BCUT2D eigenvalue weighted by Crippen LogP contribution is -2.15. The largest absolute Gasteiger partial charge is 0.497 e. The van der Waals surface area contributed by atoms with Crippen LogP contribution in [-0.4, -0.2) is 29.0 Å². The van der Waals surface area contributed by atoms with Crippen LogP contribution in [0.15, 0.2) is 60.7 Å². The molecule has 28 heavy (non-hydrogen) atoms. The van der Waals surface area contributed by atoms with Crippen LogP contribution in [0.1, 0.15) is 33.3 Å². The zero-order valence-electron chi connectivity index (χ0n) is 15.6. The van der Waals surface area contributed by atoms with E-state index >= 15 is 0 Å². The molecule has 0 spiro atoms. The highest BCUT2D eigenvalue weighted by atomic mass is 16.5. The third kappa shape index (κ3) is 4.91. The molecular formula is C21H20N4O3. The molecule has 7 heteroatoms. The number of benzene rings is 2. The Hall–Kier alpha value is -3.74. The van der Waals surface area contributed by atoms with Gasteiger partial charge in [0.2, 0.25) is 0 Å². The van der Waals surface area contributed by atoms with Gasteiger partial charge in [0.25, 0.3) is 5.91 Å². The van der Waals surface area contributed by atoms with Crippen LogP contribution in [0.4, 0.5) is 11.5 Å². The van der Waals surface area contributed by atoms with E-state index in [0.29, 0.717) is 23.6 Å². The number of Topliss-reactive ketones (excluding diaryl/α,β-unsaturated/α-hetero) is 1. The summed E-state index contributed by atoms with van der Waals surface area (Å²) in [6.07, 6.45) is 0. The summed E-state index contributed by atoms with van der Waals surface area (Å²) in [7, 11) is 1.63. The molecule has 3 rings (SSSR count). The van der Waals surface area contributed by atoms with Crippen LogP contribution in [-0.2, 0) is 6.54 Å².